The summed E-state index contributed by atoms with van der Waals surface area (Å²) in [4.78, 5) is 22.6. The van der Waals surface area contributed by atoms with Crippen LogP contribution in [0.5, 0.6) is 0 Å². The van der Waals surface area contributed by atoms with Gasteiger partial charge in [-0.05, 0) is 31.9 Å². The largest absolute Gasteiger partial charge is 0.368 e. The van der Waals surface area contributed by atoms with Crippen molar-refractivity contribution < 1.29 is 9.53 Å². The molecule has 2 fully saturated rings. The van der Waals surface area contributed by atoms with Crippen LogP contribution in [-0.2, 0) is 16.0 Å². The summed E-state index contributed by atoms with van der Waals surface area (Å²) in [5.74, 6) is 1.08. The third-order valence-electron chi connectivity index (χ3n) is 4.68. The van der Waals surface area contributed by atoms with Crippen LogP contribution in [0.1, 0.15) is 24.6 Å². The van der Waals surface area contributed by atoms with Crippen LogP contribution in [0.3, 0.4) is 0 Å². The molecule has 2 aliphatic heterocycles. The van der Waals surface area contributed by atoms with E-state index < -0.39 is 0 Å². The van der Waals surface area contributed by atoms with Gasteiger partial charge in [0.25, 0.3) is 5.91 Å². The molecule has 1 unspecified atom stereocenters. The molecule has 1 N–H and O–H groups in total. The first-order valence-electron chi connectivity index (χ1n) is 9.35. The van der Waals surface area contributed by atoms with Gasteiger partial charge in [0, 0.05) is 57.2 Å². The first-order valence-corrected chi connectivity index (χ1v) is 10.5. The fourth-order valence-electron chi connectivity index (χ4n) is 3.30. The summed E-state index contributed by atoms with van der Waals surface area (Å²) in [6.45, 7) is 7.40. The second kappa shape index (κ2) is 9.58. The van der Waals surface area contributed by atoms with Crippen molar-refractivity contribution in [1.29, 1.82) is 0 Å². The number of guanidine groups is 1. The van der Waals surface area contributed by atoms with Crippen LogP contribution in [0.25, 0.3) is 0 Å². The van der Waals surface area contributed by atoms with Crippen LogP contribution in [-0.4, -0.2) is 73.6 Å². The van der Waals surface area contributed by atoms with Crippen molar-refractivity contribution >= 4 is 34.8 Å². The summed E-state index contributed by atoms with van der Waals surface area (Å²) in [6.07, 6.45) is 2.52. The molecule has 8 heteroatoms. The van der Waals surface area contributed by atoms with Gasteiger partial charge < -0.3 is 19.9 Å². The molecule has 3 heterocycles. The molecule has 144 valence electrons. The van der Waals surface area contributed by atoms with Crippen molar-refractivity contribution in [3.8, 4) is 0 Å². The summed E-state index contributed by atoms with van der Waals surface area (Å²) in [7, 11) is 0. The van der Waals surface area contributed by atoms with Gasteiger partial charge in [-0.2, -0.15) is 0 Å². The minimum atomic E-state index is -0.221. The lowest BCUT2D eigenvalue weighted by molar-refractivity contribution is -0.142. The van der Waals surface area contributed by atoms with Crippen LogP contribution in [0.2, 0.25) is 4.34 Å². The molecule has 3 rings (SSSR count). The molecule has 0 bridgehead atoms. The molecule has 0 saturated carbocycles. The normalized spacial score (nSPS) is 21.3. The highest BCUT2D eigenvalue weighted by atomic mass is 35.5. The topological polar surface area (TPSA) is 57.2 Å². The van der Waals surface area contributed by atoms with Crippen molar-refractivity contribution in [3.05, 3.63) is 21.3 Å². The lowest BCUT2D eigenvalue weighted by Crippen LogP contribution is -2.55. The van der Waals surface area contributed by atoms with Gasteiger partial charge in [-0.3, -0.25) is 9.79 Å². The van der Waals surface area contributed by atoms with Gasteiger partial charge in [0.05, 0.1) is 4.34 Å². The van der Waals surface area contributed by atoms with Crippen molar-refractivity contribution in [2.75, 3.05) is 45.9 Å². The standard InChI is InChI=1S/C18H27ClN4O2S/c1-2-20-18(21-8-7-14-5-6-16(19)26-14)23-11-9-22(10-12-23)17(24)15-4-3-13-25-15/h5-6,15H,2-4,7-13H2,1H3,(H,20,21). The lowest BCUT2D eigenvalue weighted by atomic mass is 10.2. The Hall–Kier alpha value is -1.31. The average Bonchev–Trinajstić information content (AvgIpc) is 3.32. The number of nitrogens with zero attached hydrogens (tertiary/aromatic N) is 3. The molecule has 0 aliphatic carbocycles. The number of nitrogens with one attached hydrogen (secondary N) is 1. The number of rotatable bonds is 5. The zero-order valence-corrected chi connectivity index (χ0v) is 16.8. The molecule has 1 aromatic heterocycles. The molecule has 1 amide bonds. The van der Waals surface area contributed by atoms with E-state index in [1.165, 1.54) is 4.88 Å². The molecule has 0 radical (unpaired) electrons. The summed E-state index contributed by atoms with van der Waals surface area (Å²) in [6, 6.07) is 3.99. The number of thiophene rings is 1. The molecular weight excluding hydrogens is 372 g/mol. The average molecular weight is 399 g/mol. The predicted molar refractivity (Wildman–Crippen MR) is 106 cm³/mol. The van der Waals surface area contributed by atoms with Crippen LogP contribution in [0.15, 0.2) is 17.1 Å². The molecular formula is C18H27ClN4O2S. The Morgan fingerprint density at radius 1 is 1.35 bits per heavy atom. The number of carbonyl (C=O) groups is 1. The SMILES string of the molecule is CCNC(=NCCc1ccc(Cl)s1)N1CCN(C(=O)C2CCCO2)CC1. The predicted octanol–water partition coefficient (Wildman–Crippen LogP) is 2.23. The summed E-state index contributed by atoms with van der Waals surface area (Å²) in [5.41, 5.74) is 0. The Morgan fingerprint density at radius 2 is 2.12 bits per heavy atom. The Bertz CT molecular complexity index is 622. The zero-order chi connectivity index (χ0) is 18.4. The van der Waals surface area contributed by atoms with E-state index in [2.05, 4.69) is 23.2 Å². The highest BCUT2D eigenvalue weighted by Gasteiger charge is 2.30. The van der Waals surface area contributed by atoms with Gasteiger partial charge in [0.2, 0.25) is 0 Å². The van der Waals surface area contributed by atoms with Crippen molar-refractivity contribution in [2.24, 2.45) is 4.99 Å². The Labute approximate surface area is 164 Å². The monoisotopic (exact) mass is 398 g/mol. The molecule has 1 atom stereocenters. The maximum absolute atomic E-state index is 12.5. The van der Waals surface area contributed by atoms with Gasteiger partial charge in [-0.25, -0.2) is 0 Å². The van der Waals surface area contributed by atoms with E-state index in [4.69, 9.17) is 21.3 Å². The molecule has 6 nitrogen and oxygen atoms in total. The molecule has 2 aliphatic rings. The van der Waals surface area contributed by atoms with E-state index in [1.54, 1.807) is 11.3 Å². The van der Waals surface area contributed by atoms with E-state index in [9.17, 15) is 4.79 Å². The third-order valence-corrected chi connectivity index (χ3v) is 5.97. The van der Waals surface area contributed by atoms with Crippen LogP contribution in [0, 0.1) is 0 Å². The van der Waals surface area contributed by atoms with Gasteiger partial charge in [-0.1, -0.05) is 11.6 Å². The minimum absolute atomic E-state index is 0.152. The van der Waals surface area contributed by atoms with Gasteiger partial charge in [0.15, 0.2) is 5.96 Å². The lowest BCUT2D eigenvalue weighted by Gasteiger charge is -2.37. The first kappa shape index (κ1) is 19.5. The highest BCUT2D eigenvalue weighted by molar-refractivity contribution is 7.16. The van der Waals surface area contributed by atoms with Gasteiger partial charge in [0.1, 0.15) is 6.10 Å². The van der Waals surface area contributed by atoms with E-state index in [1.807, 2.05) is 11.0 Å². The fraction of sp³-hybridized carbons (Fsp3) is 0.667. The number of aliphatic imine (C=N–C) groups is 1. The van der Waals surface area contributed by atoms with E-state index in [0.29, 0.717) is 6.61 Å². The minimum Gasteiger partial charge on any atom is -0.368 e. The van der Waals surface area contributed by atoms with Crippen LogP contribution >= 0.6 is 22.9 Å². The zero-order valence-electron chi connectivity index (χ0n) is 15.2. The van der Waals surface area contributed by atoms with E-state index in [0.717, 1.165) is 68.8 Å². The smallest absolute Gasteiger partial charge is 0.251 e. The maximum atomic E-state index is 12.5. The van der Waals surface area contributed by atoms with Crippen molar-refractivity contribution in [3.63, 3.8) is 0 Å². The number of carbonyl (C=O) groups excluding carboxylic acids is 1. The third kappa shape index (κ3) is 5.11. The molecule has 0 aromatic carbocycles. The van der Waals surface area contributed by atoms with E-state index in [-0.39, 0.29) is 12.0 Å². The molecule has 0 spiro atoms. The molecule has 2 saturated heterocycles. The van der Waals surface area contributed by atoms with Crippen molar-refractivity contribution in [2.45, 2.75) is 32.3 Å². The number of piperazine rings is 1. The van der Waals surface area contributed by atoms with Gasteiger partial charge >= 0.3 is 0 Å². The maximum Gasteiger partial charge on any atom is 0.251 e. The Morgan fingerprint density at radius 3 is 2.73 bits per heavy atom. The molecule has 26 heavy (non-hydrogen) atoms. The first-order chi connectivity index (χ1) is 12.7. The summed E-state index contributed by atoms with van der Waals surface area (Å²) in [5, 5.41) is 3.37. The number of ether oxygens (including phenoxy) is 1. The highest BCUT2D eigenvalue weighted by Crippen LogP contribution is 2.21. The second-order valence-electron chi connectivity index (χ2n) is 6.51. The summed E-state index contributed by atoms with van der Waals surface area (Å²) < 4.78 is 6.35. The quantitative estimate of drug-likeness (QED) is 0.610. The number of amides is 1. The van der Waals surface area contributed by atoms with Crippen LogP contribution in [0.4, 0.5) is 0 Å². The molecule has 1 aromatic rings. The van der Waals surface area contributed by atoms with Crippen LogP contribution < -0.4 is 5.32 Å². The van der Waals surface area contributed by atoms with E-state index >= 15 is 0 Å². The second-order valence-corrected chi connectivity index (χ2v) is 8.31. The fourth-order valence-corrected chi connectivity index (χ4v) is 4.37. The number of hydrogen-bond donors (Lipinski definition) is 1. The number of halogens is 1. The number of hydrogen-bond acceptors (Lipinski definition) is 4. The Balaban J connectivity index is 1.50. The summed E-state index contributed by atoms with van der Waals surface area (Å²) >= 11 is 7.59. The van der Waals surface area contributed by atoms with Crippen molar-refractivity contribution in [1.82, 2.24) is 15.1 Å². The Kier molecular flexibility index (Phi) is 7.16. The van der Waals surface area contributed by atoms with Gasteiger partial charge in [-0.15, -0.1) is 11.3 Å².